The van der Waals surface area contributed by atoms with Gasteiger partial charge in [-0.1, -0.05) is 51.1 Å². The van der Waals surface area contributed by atoms with E-state index in [1.54, 1.807) is 6.33 Å². The lowest BCUT2D eigenvalue weighted by Gasteiger charge is -2.23. The van der Waals surface area contributed by atoms with Crippen LogP contribution in [0.25, 0.3) is 34.2 Å². The maximum absolute atomic E-state index is 4.99. The van der Waals surface area contributed by atoms with Gasteiger partial charge in [0.2, 0.25) is 0 Å². The van der Waals surface area contributed by atoms with Crippen LogP contribution < -0.4 is 5.32 Å². The van der Waals surface area contributed by atoms with E-state index in [1.807, 2.05) is 6.08 Å². The molecule has 0 atom stereocenters. The summed E-state index contributed by atoms with van der Waals surface area (Å²) in [7, 11) is 0. The summed E-state index contributed by atoms with van der Waals surface area (Å²) >= 11 is 0. The molecule has 0 saturated heterocycles. The first-order chi connectivity index (χ1) is 16.0. The Balaban J connectivity index is 1.80. The van der Waals surface area contributed by atoms with Crippen LogP contribution in [0.3, 0.4) is 0 Å². The van der Waals surface area contributed by atoms with Crippen molar-refractivity contribution in [3.8, 4) is 11.1 Å². The summed E-state index contributed by atoms with van der Waals surface area (Å²) in [5, 5.41) is 4.68. The molecular weight excluding hydrogens is 416 g/mol. The summed E-state index contributed by atoms with van der Waals surface area (Å²) in [6.45, 7) is 15.1. The average Bonchev–Trinajstić information content (AvgIpc) is 2.76. The average molecular weight is 451 g/mol. The first-order valence-corrected chi connectivity index (χ1v) is 11.8. The van der Waals surface area contributed by atoms with Crippen molar-refractivity contribution in [2.24, 2.45) is 0 Å². The third-order valence-electron chi connectivity index (χ3n) is 5.68. The Labute approximate surface area is 203 Å². The lowest BCUT2D eigenvalue weighted by Crippen LogP contribution is -2.27. The molecule has 0 fully saturated rings. The summed E-state index contributed by atoms with van der Waals surface area (Å²) in [4.78, 5) is 13.9. The third-order valence-corrected chi connectivity index (χ3v) is 5.68. The predicted octanol–water partition coefficient (Wildman–Crippen LogP) is 7.68. The number of aromatic nitrogens is 3. The highest BCUT2D eigenvalue weighted by molar-refractivity contribution is 5.90. The highest BCUT2D eigenvalue weighted by atomic mass is 15.0. The maximum Gasteiger partial charge on any atom is 0.134 e. The van der Waals surface area contributed by atoms with E-state index in [-0.39, 0.29) is 11.0 Å². The van der Waals surface area contributed by atoms with E-state index < -0.39 is 0 Å². The number of anilines is 1. The van der Waals surface area contributed by atoms with Gasteiger partial charge in [-0.05, 0) is 80.8 Å². The maximum atomic E-state index is 4.99. The fourth-order valence-electron chi connectivity index (χ4n) is 3.89. The number of nitrogens with one attached hydrogen (secondary N) is 1. The van der Waals surface area contributed by atoms with Crippen LogP contribution in [-0.4, -0.2) is 20.5 Å². The monoisotopic (exact) mass is 450 g/mol. The van der Waals surface area contributed by atoms with E-state index in [0.29, 0.717) is 0 Å². The minimum Gasteiger partial charge on any atom is -0.365 e. The molecule has 2 aromatic carbocycles. The van der Waals surface area contributed by atoms with Crippen molar-refractivity contribution in [1.82, 2.24) is 15.0 Å². The molecule has 0 aliphatic heterocycles. The zero-order valence-corrected chi connectivity index (χ0v) is 21.3. The highest BCUT2D eigenvalue weighted by Gasteiger charge is 2.16. The van der Waals surface area contributed by atoms with Crippen molar-refractivity contribution < 1.29 is 0 Å². The molecule has 0 saturated carbocycles. The van der Waals surface area contributed by atoms with Gasteiger partial charge < -0.3 is 5.32 Å². The van der Waals surface area contributed by atoms with Crippen molar-refractivity contribution in [2.45, 2.75) is 59.4 Å². The van der Waals surface area contributed by atoms with Gasteiger partial charge in [0.1, 0.15) is 12.1 Å². The van der Waals surface area contributed by atoms with E-state index in [2.05, 4.69) is 124 Å². The molecule has 0 bridgehead atoms. The molecule has 34 heavy (non-hydrogen) atoms. The van der Waals surface area contributed by atoms with Gasteiger partial charge in [0.15, 0.2) is 0 Å². The zero-order chi connectivity index (χ0) is 24.5. The summed E-state index contributed by atoms with van der Waals surface area (Å²) in [6, 6.07) is 19.2. The van der Waals surface area contributed by atoms with Crippen LogP contribution in [0.2, 0.25) is 0 Å². The van der Waals surface area contributed by atoms with Gasteiger partial charge in [0.05, 0.1) is 11.2 Å². The fraction of sp³-hybridized carbons (Fsp3) is 0.300. The van der Waals surface area contributed by atoms with Crippen LogP contribution in [0.1, 0.15) is 64.1 Å². The van der Waals surface area contributed by atoms with Crippen LogP contribution >= 0.6 is 0 Å². The first-order valence-electron chi connectivity index (χ1n) is 11.8. The van der Waals surface area contributed by atoms with Crippen LogP contribution in [0.4, 0.5) is 5.82 Å². The number of fused-ring (bicyclic) bond motifs is 1. The Bertz CT molecular complexity index is 1350. The number of hydrogen-bond acceptors (Lipinski definition) is 4. The van der Waals surface area contributed by atoms with Crippen LogP contribution in [0.15, 0.2) is 60.9 Å². The normalized spacial score (nSPS) is 12.4. The topological polar surface area (TPSA) is 50.7 Å². The zero-order valence-electron chi connectivity index (χ0n) is 21.3. The molecule has 174 valence electrons. The quantitative estimate of drug-likeness (QED) is 0.346. The van der Waals surface area contributed by atoms with Crippen molar-refractivity contribution in [2.75, 3.05) is 5.32 Å². The molecule has 0 unspecified atom stereocenters. The SMILES string of the molecule is Cc1ccccc1-c1ccc2nc(NC(C)(C)C)c(/C=C/c3cc(C(C)(C)C)ncn3)cc2c1. The molecule has 2 aromatic heterocycles. The second-order valence-electron chi connectivity index (χ2n) is 10.9. The van der Waals surface area contributed by atoms with Crippen molar-refractivity contribution in [1.29, 1.82) is 0 Å². The van der Waals surface area contributed by atoms with E-state index in [1.165, 1.54) is 16.7 Å². The minimum atomic E-state index is -0.112. The van der Waals surface area contributed by atoms with Crippen LogP contribution in [0, 0.1) is 6.92 Å². The number of pyridine rings is 1. The fourth-order valence-corrected chi connectivity index (χ4v) is 3.89. The number of aryl methyl sites for hydroxylation is 1. The molecule has 1 N–H and O–H groups in total. The van der Waals surface area contributed by atoms with Crippen LogP contribution in [-0.2, 0) is 5.41 Å². The Kier molecular flexibility index (Phi) is 6.26. The van der Waals surface area contributed by atoms with Gasteiger partial charge in [-0.25, -0.2) is 15.0 Å². The van der Waals surface area contributed by atoms with Gasteiger partial charge in [0.25, 0.3) is 0 Å². The smallest absolute Gasteiger partial charge is 0.134 e. The molecule has 4 aromatic rings. The molecule has 4 heteroatoms. The third kappa shape index (κ3) is 5.51. The van der Waals surface area contributed by atoms with Gasteiger partial charge >= 0.3 is 0 Å². The summed E-state index contributed by atoms with van der Waals surface area (Å²) < 4.78 is 0. The van der Waals surface area contributed by atoms with Crippen LogP contribution in [0.5, 0.6) is 0 Å². The van der Waals surface area contributed by atoms with E-state index >= 15 is 0 Å². The molecule has 4 nitrogen and oxygen atoms in total. The van der Waals surface area contributed by atoms with Gasteiger partial charge in [-0.2, -0.15) is 0 Å². The number of hydrogen-bond donors (Lipinski definition) is 1. The highest BCUT2D eigenvalue weighted by Crippen LogP contribution is 2.30. The lowest BCUT2D eigenvalue weighted by molar-refractivity contribution is 0.566. The van der Waals surface area contributed by atoms with Crippen molar-refractivity contribution >= 4 is 28.9 Å². The second kappa shape index (κ2) is 9.02. The van der Waals surface area contributed by atoms with Gasteiger partial charge in [0, 0.05) is 27.6 Å². The van der Waals surface area contributed by atoms with Crippen molar-refractivity contribution in [3.05, 3.63) is 83.4 Å². The second-order valence-corrected chi connectivity index (χ2v) is 10.9. The molecule has 4 rings (SSSR count). The summed E-state index contributed by atoms with van der Waals surface area (Å²) in [6.07, 6.45) is 5.77. The number of benzene rings is 2. The Hall–Kier alpha value is -3.53. The molecule has 0 aliphatic carbocycles. The summed E-state index contributed by atoms with van der Waals surface area (Å²) in [5.74, 6) is 0.866. The van der Waals surface area contributed by atoms with Gasteiger partial charge in [-0.15, -0.1) is 0 Å². The Morgan fingerprint density at radius 2 is 1.59 bits per heavy atom. The van der Waals surface area contributed by atoms with E-state index in [0.717, 1.165) is 33.7 Å². The lowest BCUT2D eigenvalue weighted by atomic mass is 9.91. The van der Waals surface area contributed by atoms with E-state index in [4.69, 9.17) is 4.98 Å². The molecule has 0 spiro atoms. The molecule has 0 amide bonds. The minimum absolute atomic E-state index is 0.0268. The standard InChI is InChI=1S/C30H34N4/c1-20-10-8-9-11-25(20)21-13-15-26-23(16-21)17-22(28(33-26)34-30(5,6)7)12-14-24-18-27(29(2,3)4)32-19-31-24/h8-19H,1-7H3,(H,33,34)/b14-12+. The summed E-state index contributed by atoms with van der Waals surface area (Å²) in [5.41, 5.74) is 7.47. The molecule has 0 radical (unpaired) electrons. The number of nitrogens with zero attached hydrogens (tertiary/aromatic N) is 3. The largest absolute Gasteiger partial charge is 0.365 e. The molecule has 0 aliphatic rings. The molecular formula is C30H34N4. The molecule has 2 heterocycles. The number of rotatable bonds is 4. The Morgan fingerprint density at radius 1 is 0.824 bits per heavy atom. The predicted molar refractivity (Wildman–Crippen MR) is 145 cm³/mol. The first kappa shape index (κ1) is 23.6. The van der Waals surface area contributed by atoms with Crippen molar-refractivity contribution in [3.63, 3.8) is 0 Å². The van der Waals surface area contributed by atoms with E-state index in [9.17, 15) is 0 Å². The Morgan fingerprint density at radius 3 is 2.29 bits per heavy atom. The van der Waals surface area contributed by atoms with Gasteiger partial charge in [-0.3, -0.25) is 0 Å².